The highest BCUT2D eigenvalue weighted by Gasteiger charge is 2.16. The number of fused-ring (bicyclic) bond motifs is 1. The summed E-state index contributed by atoms with van der Waals surface area (Å²) in [6.45, 7) is 0.316. The van der Waals surface area contributed by atoms with Gasteiger partial charge in [-0.15, -0.1) is 11.3 Å². The van der Waals surface area contributed by atoms with Gasteiger partial charge in [-0.05, 0) is 23.6 Å². The lowest BCUT2D eigenvalue weighted by Crippen LogP contribution is -2.17. The Kier molecular flexibility index (Phi) is 3.47. The maximum absolute atomic E-state index is 13.2. The summed E-state index contributed by atoms with van der Waals surface area (Å²) in [7, 11) is 1.56. The zero-order valence-corrected chi connectivity index (χ0v) is 11.5. The zero-order chi connectivity index (χ0) is 14.1. The molecule has 1 atom stereocenters. The number of benzene rings is 1. The fourth-order valence-electron chi connectivity index (χ4n) is 1.85. The van der Waals surface area contributed by atoms with Crippen LogP contribution in [0.25, 0.3) is 20.9 Å². The van der Waals surface area contributed by atoms with E-state index in [0.29, 0.717) is 18.3 Å². The summed E-state index contributed by atoms with van der Waals surface area (Å²) in [5.74, 6) is 0.512. The lowest BCUT2D eigenvalue weighted by molar-refractivity contribution is 0.177. The summed E-state index contributed by atoms with van der Waals surface area (Å²) in [6.07, 6.45) is 0. The number of nitrogens with two attached hydrogens (primary N) is 1. The standard InChI is InChI=1S/C13H12FN3O2S/c1-18-6-9(15)12-16-13(19-17-12)11-4-7-2-3-8(14)5-10(7)20-11/h2-5,9H,6,15H2,1H3. The molecule has 5 nitrogen and oxygen atoms in total. The quantitative estimate of drug-likeness (QED) is 0.800. The number of nitrogens with zero attached hydrogens (tertiary/aromatic N) is 2. The first-order valence-corrected chi connectivity index (χ1v) is 6.76. The topological polar surface area (TPSA) is 74.2 Å². The van der Waals surface area contributed by atoms with E-state index in [-0.39, 0.29) is 5.82 Å². The predicted octanol–water partition coefficient (Wildman–Crippen LogP) is 2.74. The van der Waals surface area contributed by atoms with Crippen LogP contribution in [-0.4, -0.2) is 23.9 Å². The van der Waals surface area contributed by atoms with Gasteiger partial charge < -0.3 is 15.0 Å². The van der Waals surface area contributed by atoms with Crippen LogP contribution in [0.4, 0.5) is 4.39 Å². The smallest absolute Gasteiger partial charge is 0.268 e. The fourth-order valence-corrected chi connectivity index (χ4v) is 2.86. The van der Waals surface area contributed by atoms with Gasteiger partial charge >= 0.3 is 0 Å². The minimum atomic E-state index is -0.427. The number of thiophene rings is 1. The van der Waals surface area contributed by atoms with Crippen LogP contribution in [0.2, 0.25) is 0 Å². The van der Waals surface area contributed by atoms with E-state index in [4.69, 9.17) is 15.0 Å². The molecule has 0 aliphatic heterocycles. The molecule has 0 saturated carbocycles. The molecule has 0 aliphatic rings. The number of aromatic nitrogens is 2. The molecule has 7 heteroatoms. The molecule has 0 bridgehead atoms. The van der Waals surface area contributed by atoms with Crippen LogP contribution in [0.15, 0.2) is 28.8 Å². The van der Waals surface area contributed by atoms with Gasteiger partial charge in [0.15, 0.2) is 5.82 Å². The highest BCUT2D eigenvalue weighted by atomic mass is 32.1. The molecule has 0 amide bonds. The van der Waals surface area contributed by atoms with Gasteiger partial charge in [0, 0.05) is 11.8 Å². The molecule has 1 unspecified atom stereocenters. The Morgan fingerprint density at radius 1 is 1.45 bits per heavy atom. The number of halogens is 1. The molecule has 0 spiro atoms. The maximum Gasteiger partial charge on any atom is 0.268 e. The van der Waals surface area contributed by atoms with Gasteiger partial charge in [0.2, 0.25) is 0 Å². The van der Waals surface area contributed by atoms with Crippen molar-refractivity contribution in [1.29, 1.82) is 0 Å². The molecule has 104 valence electrons. The SMILES string of the molecule is COCC(N)c1noc(-c2cc3ccc(F)cc3s2)n1. The van der Waals surface area contributed by atoms with Gasteiger partial charge in [0.05, 0.1) is 17.5 Å². The number of rotatable bonds is 4. The summed E-state index contributed by atoms with van der Waals surface area (Å²) < 4.78 is 24.1. The van der Waals surface area contributed by atoms with Gasteiger partial charge in [-0.1, -0.05) is 11.2 Å². The number of methoxy groups -OCH3 is 1. The lowest BCUT2D eigenvalue weighted by atomic mass is 10.2. The number of hydrogen-bond donors (Lipinski definition) is 1. The Morgan fingerprint density at radius 2 is 2.30 bits per heavy atom. The Labute approximate surface area is 118 Å². The minimum absolute atomic E-state index is 0.265. The van der Waals surface area contributed by atoms with Crippen molar-refractivity contribution in [2.45, 2.75) is 6.04 Å². The Balaban J connectivity index is 1.94. The van der Waals surface area contributed by atoms with Crippen LogP contribution in [0, 0.1) is 5.82 Å². The van der Waals surface area contributed by atoms with Gasteiger partial charge in [-0.25, -0.2) is 4.39 Å². The monoisotopic (exact) mass is 293 g/mol. The molecule has 0 aliphatic carbocycles. The summed E-state index contributed by atoms with van der Waals surface area (Å²) in [6, 6.07) is 6.09. The van der Waals surface area contributed by atoms with Crippen molar-refractivity contribution in [3.05, 3.63) is 35.9 Å². The Morgan fingerprint density at radius 3 is 3.10 bits per heavy atom. The van der Waals surface area contributed by atoms with Crippen LogP contribution in [0.3, 0.4) is 0 Å². The van der Waals surface area contributed by atoms with Gasteiger partial charge in [0.25, 0.3) is 5.89 Å². The first-order valence-electron chi connectivity index (χ1n) is 5.95. The van der Waals surface area contributed by atoms with E-state index < -0.39 is 6.04 Å². The average Bonchev–Trinajstić information content (AvgIpc) is 3.04. The van der Waals surface area contributed by atoms with Crippen molar-refractivity contribution in [3.63, 3.8) is 0 Å². The van der Waals surface area contributed by atoms with Crippen molar-refractivity contribution < 1.29 is 13.7 Å². The van der Waals surface area contributed by atoms with Crippen LogP contribution in [0.5, 0.6) is 0 Å². The summed E-state index contributed by atoms with van der Waals surface area (Å²) in [5.41, 5.74) is 5.84. The average molecular weight is 293 g/mol. The van der Waals surface area contributed by atoms with Crippen molar-refractivity contribution in [3.8, 4) is 10.8 Å². The highest BCUT2D eigenvalue weighted by molar-refractivity contribution is 7.22. The number of ether oxygens (including phenoxy) is 1. The van der Waals surface area contributed by atoms with E-state index in [1.165, 1.54) is 23.5 Å². The van der Waals surface area contributed by atoms with Crippen molar-refractivity contribution in [1.82, 2.24) is 10.1 Å². The molecule has 1 aromatic carbocycles. The Bertz CT molecular complexity index is 740. The third-order valence-electron chi connectivity index (χ3n) is 2.81. The largest absolute Gasteiger partial charge is 0.383 e. The summed E-state index contributed by atoms with van der Waals surface area (Å²) >= 11 is 1.39. The van der Waals surface area contributed by atoms with E-state index >= 15 is 0 Å². The molecular weight excluding hydrogens is 281 g/mol. The normalized spacial score (nSPS) is 12.9. The molecule has 0 radical (unpaired) electrons. The molecule has 0 saturated heterocycles. The van der Waals surface area contributed by atoms with Gasteiger partial charge in [0.1, 0.15) is 5.82 Å². The van der Waals surface area contributed by atoms with Crippen molar-refractivity contribution >= 4 is 21.4 Å². The molecule has 0 fully saturated rings. The first kappa shape index (κ1) is 13.2. The molecule has 3 rings (SSSR count). The van der Waals surface area contributed by atoms with Gasteiger partial charge in [-0.2, -0.15) is 4.98 Å². The van der Waals surface area contributed by atoms with E-state index in [1.807, 2.05) is 6.07 Å². The predicted molar refractivity (Wildman–Crippen MR) is 73.9 cm³/mol. The van der Waals surface area contributed by atoms with Crippen LogP contribution in [0.1, 0.15) is 11.9 Å². The summed E-state index contributed by atoms with van der Waals surface area (Å²) in [5, 5.41) is 4.78. The van der Waals surface area contributed by atoms with E-state index in [2.05, 4.69) is 10.1 Å². The molecule has 2 N–H and O–H groups in total. The van der Waals surface area contributed by atoms with Crippen molar-refractivity contribution in [2.24, 2.45) is 5.73 Å². The minimum Gasteiger partial charge on any atom is -0.383 e. The fraction of sp³-hybridized carbons (Fsp3) is 0.231. The second-order valence-corrected chi connectivity index (χ2v) is 5.40. The highest BCUT2D eigenvalue weighted by Crippen LogP contribution is 2.33. The number of hydrogen-bond acceptors (Lipinski definition) is 6. The zero-order valence-electron chi connectivity index (χ0n) is 10.7. The van der Waals surface area contributed by atoms with Gasteiger partial charge in [-0.3, -0.25) is 0 Å². The lowest BCUT2D eigenvalue weighted by Gasteiger charge is -2.02. The first-order chi connectivity index (χ1) is 9.67. The molecular formula is C13H12FN3O2S. The van der Waals surface area contributed by atoms with E-state index in [1.54, 1.807) is 13.2 Å². The third kappa shape index (κ3) is 2.43. The third-order valence-corrected chi connectivity index (χ3v) is 3.90. The molecule has 20 heavy (non-hydrogen) atoms. The van der Waals surface area contributed by atoms with E-state index in [9.17, 15) is 4.39 Å². The second kappa shape index (κ2) is 5.28. The summed E-state index contributed by atoms with van der Waals surface area (Å²) in [4.78, 5) is 5.04. The van der Waals surface area contributed by atoms with E-state index in [0.717, 1.165) is 15.0 Å². The molecule has 2 aromatic heterocycles. The van der Waals surface area contributed by atoms with Crippen LogP contribution >= 0.6 is 11.3 Å². The maximum atomic E-state index is 13.2. The second-order valence-electron chi connectivity index (χ2n) is 4.31. The Hall–Kier alpha value is -1.83. The van der Waals surface area contributed by atoms with Crippen molar-refractivity contribution in [2.75, 3.05) is 13.7 Å². The van der Waals surface area contributed by atoms with Crippen LogP contribution in [-0.2, 0) is 4.74 Å². The molecule has 3 aromatic rings. The van der Waals surface area contributed by atoms with Crippen LogP contribution < -0.4 is 5.73 Å². The molecule has 2 heterocycles.